The van der Waals surface area contributed by atoms with Crippen molar-refractivity contribution in [1.29, 1.82) is 0 Å². The standard InChI is InChI=1S/C12H11FN2O2S/c13-12-6-2-1-4-10(12)8-15-18(16,17)11-5-3-7-14-9-11/h1-7,9,15H,8H2. The minimum absolute atomic E-state index is 0.0568. The first-order valence-corrected chi connectivity index (χ1v) is 6.71. The summed E-state index contributed by atoms with van der Waals surface area (Å²) in [7, 11) is -3.65. The second-order valence-corrected chi connectivity index (χ2v) is 5.37. The largest absolute Gasteiger partial charge is 0.263 e. The van der Waals surface area contributed by atoms with Crippen LogP contribution in [0.4, 0.5) is 4.39 Å². The predicted octanol–water partition coefficient (Wildman–Crippen LogP) is 1.70. The molecular formula is C12H11FN2O2S. The number of hydrogen-bond acceptors (Lipinski definition) is 3. The van der Waals surface area contributed by atoms with E-state index in [0.29, 0.717) is 5.56 Å². The third kappa shape index (κ3) is 2.91. The smallest absolute Gasteiger partial charge is 0.242 e. The Bertz CT molecular complexity index is 630. The molecule has 1 heterocycles. The van der Waals surface area contributed by atoms with Crippen molar-refractivity contribution in [2.45, 2.75) is 11.4 Å². The quantitative estimate of drug-likeness (QED) is 0.916. The lowest BCUT2D eigenvalue weighted by Gasteiger charge is -2.06. The van der Waals surface area contributed by atoms with Crippen LogP contribution in [0.15, 0.2) is 53.7 Å². The van der Waals surface area contributed by atoms with Crippen LogP contribution in [0.2, 0.25) is 0 Å². The number of benzene rings is 1. The van der Waals surface area contributed by atoms with Crippen LogP contribution in [0.3, 0.4) is 0 Å². The van der Waals surface area contributed by atoms with E-state index in [9.17, 15) is 12.8 Å². The zero-order chi connectivity index (χ0) is 13.0. The Hall–Kier alpha value is -1.79. The third-order valence-corrected chi connectivity index (χ3v) is 3.74. The van der Waals surface area contributed by atoms with Gasteiger partial charge in [-0.1, -0.05) is 18.2 Å². The van der Waals surface area contributed by atoms with Crippen LogP contribution in [0, 0.1) is 5.82 Å². The lowest BCUT2D eigenvalue weighted by molar-refractivity contribution is 0.574. The zero-order valence-corrected chi connectivity index (χ0v) is 10.2. The molecule has 1 aromatic carbocycles. The van der Waals surface area contributed by atoms with Crippen molar-refractivity contribution in [3.8, 4) is 0 Å². The van der Waals surface area contributed by atoms with Crippen LogP contribution < -0.4 is 4.72 Å². The van der Waals surface area contributed by atoms with E-state index in [1.165, 1.54) is 36.7 Å². The Kier molecular flexibility index (Phi) is 3.69. The average Bonchev–Trinajstić information content (AvgIpc) is 2.39. The van der Waals surface area contributed by atoms with E-state index in [-0.39, 0.29) is 11.4 Å². The summed E-state index contributed by atoms with van der Waals surface area (Å²) in [4.78, 5) is 3.79. The average molecular weight is 266 g/mol. The first-order chi connectivity index (χ1) is 8.59. The van der Waals surface area contributed by atoms with Crippen LogP contribution in [-0.4, -0.2) is 13.4 Å². The van der Waals surface area contributed by atoms with Crippen LogP contribution in [0.25, 0.3) is 0 Å². The summed E-state index contributed by atoms with van der Waals surface area (Å²) >= 11 is 0. The first kappa shape index (κ1) is 12.7. The number of nitrogens with one attached hydrogen (secondary N) is 1. The molecule has 0 amide bonds. The van der Waals surface area contributed by atoms with Crippen LogP contribution >= 0.6 is 0 Å². The van der Waals surface area contributed by atoms with Gasteiger partial charge in [0.25, 0.3) is 0 Å². The number of rotatable bonds is 4. The maximum atomic E-state index is 13.3. The summed E-state index contributed by atoms with van der Waals surface area (Å²) in [5.74, 6) is -0.439. The molecule has 0 unspecified atom stereocenters. The molecule has 0 radical (unpaired) electrons. The van der Waals surface area contributed by atoms with E-state index in [1.54, 1.807) is 12.1 Å². The maximum Gasteiger partial charge on any atom is 0.242 e. The highest BCUT2D eigenvalue weighted by atomic mass is 32.2. The molecule has 18 heavy (non-hydrogen) atoms. The Morgan fingerprint density at radius 1 is 1.17 bits per heavy atom. The number of pyridine rings is 1. The van der Waals surface area contributed by atoms with Crippen molar-refractivity contribution in [2.75, 3.05) is 0 Å². The highest BCUT2D eigenvalue weighted by Crippen LogP contribution is 2.09. The maximum absolute atomic E-state index is 13.3. The van der Waals surface area contributed by atoms with E-state index >= 15 is 0 Å². The van der Waals surface area contributed by atoms with Crippen LogP contribution in [0.5, 0.6) is 0 Å². The van der Waals surface area contributed by atoms with Gasteiger partial charge in [-0.3, -0.25) is 4.98 Å². The fourth-order valence-electron chi connectivity index (χ4n) is 1.40. The van der Waals surface area contributed by atoms with Gasteiger partial charge in [0, 0.05) is 24.5 Å². The van der Waals surface area contributed by atoms with E-state index in [0.717, 1.165) is 0 Å². The van der Waals surface area contributed by atoms with Gasteiger partial charge in [-0.15, -0.1) is 0 Å². The fraction of sp³-hybridized carbons (Fsp3) is 0.0833. The molecule has 0 bridgehead atoms. The molecular weight excluding hydrogens is 255 g/mol. The lowest BCUT2D eigenvalue weighted by atomic mass is 10.2. The Morgan fingerprint density at radius 3 is 2.61 bits per heavy atom. The second kappa shape index (κ2) is 5.24. The molecule has 6 heteroatoms. The van der Waals surface area contributed by atoms with Crippen molar-refractivity contribution in [3.63, 3.8) is 0 Å². The van der Waals surface area contributed by atoms with Gasteiger partial charge in [0.2, 0.25) is 10.0 Å². The van der Waals surface area contributed by atoms with Crippen molar-refractivity contribution in [2.24, 2.45) is 0 Å². The van der Waals surface area contributed by atoms with Gasteiger partial charge in [-0.05, 0) is 18.2 Å². The van der Waals surface area contributed by atoms with Gasteiger partial charge in [-0.25, -0.2) is 17.5 Å². The number of sulfonamides is 1. The van der Waals surface area contributed by atoms with E-state index in [2.05, 4.69) is 9.71 Å². The van der Waals surface area contributed by atoms with Crippen LogP contribution in [-0.2, 0) is 16.6 Å². The van der Waals surface area contributed by atoms with Crippen molar-refractivity contribution < 1.29 is 12.8 Å². The monoisotopic (exact) mass is 266 g/mol. The third-order valence-electron chi connectivity index (χ3n) is 2.36. The van der Waals surface area contributed by atoms with Crippen molar-refractivity contribution in [1.82, 2.24) is 9.71 Å². The van der Waals surface area contributed by atoms with Gasteiger partial charge >= 0.3 is 0 Å². The summed E-state index contributed by atoms with van der Waals surface area (Å²) in [6.45, 7) is -0.0934. The molecule has 0 saturated heterocycles. The SMILES string of the molecule is O=S(=O)(NCc1ccccc1F)c1cccnc1. The molecule has 1 N–H and O–H groups in total. The lowest BCUT2D eigenvalue weighted by Crippen LogP contribution is -2.23. The van der Waals surface area contributed by atoms with Crippen molar-refractivity contribution >= 4 is 10.0 Å². The van der Waals surface area contributed by atoms with Gasteiger partial charge in [-0.2, -0.15) is 0 Å². The predicted molar refractivity (Wildman–Crippen MR) is 64.7 cm³/mol. The molecule has 1 aromatic heterocycles. The Balaban J connectivity index is 2.14. The van der Waals surface area contributed by atoms with Gasteiger partial charge in [0.15, 0.2) is 0 Å². The highest BCUT2D eigenvalue weighted by Gasteiger charge is 2.14. The Labute approximate surface area is 105 Å². The normalized spacial score (nSPS) is 11.4. The van der Waals surface area contributed by atoms with Crippen molar-refractivity contribution in [3.05, 3.63) is 60.2 Å². The van der Waals surface area contributed by atoms with E-state index in [1.807, 2.05) is 0 Å². The van der Waals surface area contributed by atoms with Gasteiger partial charge < -0.3 is 0 Å². The van der Waals surface area contributed by atoms with Gasteiger partial charge in [0.05, 0.1) is 0 Å². The van der Waals surface area contributed by atoms with E-state index in [4.69, 9.17) is 0 Å². The number of aromatic nitrogens is 1. The minimum Gasteiger partial charge on any atom is -0.263 e. The summed E-state index contributed by atoms with van der Waals surface area (Å²) in [6, 6.07) is 8.97. The molecule has 94 valence electrons. The molecule has 0 atom stereocenters. The molecule has 2 aromatic rings. The number of hydrogen-bond donors (Lipinski definition) is 1. The summed E-state index contributed by atoms with van der Waals surface area (Å²) < 4.78 is 39.3. The van der Waals surface area contributed by atoms with Gasteiger partial charge in [0.1, 0.15) is 10.7 Å². The summed E-state index contributed by atoms with van der Waals surface area (Å²) in [5.41, 5.74) is 0.296. The molecule has 4 nitrogen and oxygen atoms in total. The highest BCUT2D eigenvalue weighted by molar-refractivity contribution is 7.89. The molecule has 0 aliphatic heterocycles. The topological polar surface area (TPSA) is 59.1 Å². The fourth-order valence-corrected chi connectivity index (χ4v) is 2.37. The molecule has 0 spiro atoms. The summed E-state index contributed by atoms with van der Waals surface area (Å²) in [6.07, 6.45) is 2.72. The zero-order valence-electron chi connectivity index (χ0n) is 9.38. The molecule has 0 aliphatic carbocycles. The Morgan fingerprint density at radius 2 is 1.94 bits per heavy atom. The second-order valence-electron chi connectivity index (χ2n) is 3.60. The number of halogens is 1. The minimum atomic E-state index is -3.65. The molecule has 2 rings (SSSR count). The van der Waals surface area contributed by atoms with E-state index < -0.39 is 15.8 Å². The molecule has 0 saturated carbocycles. The summed E-state index contributed by atoms with van der Waals surface area (Å²) in [5, 5.41) is 0. The first-order valence-electron chi connectivity index (χ1n) is 5.23. The van der Waals surface area contributed by atoms with Crippen LogP contribution in [0.1, 0.15) is 5.56 Å². The molecule has 0 aliphatic rings. The number of nitrogens with zero attached hydrogens (tertiary/aromatic N) is 1. The molecule has 0 fully saturated rings.